The normalized spacial score (nSPS) is 20.4. The Balaban J connectivity index is 2.35. The zero-order valence-corrected chi connectivity index (χ0v) is 8.79. The van der Waals surface area contributed by atoms with Crippen molar-refractivity contribution in [3.63, 3.8) is 0 Å². The second-order valence-corrected chi connectivity index (χ2v) is 4.12. The fourth-order valence-corrected chi connectivity index (χ4v) is 2.21. The minimum absolute atomic E-state index is 0.195. The molecular weight excluding hydrogens is 174 g/mol. The molecule has 0 aromatic heterocycles. The van der Waals surface area contributed by atoms with Gasteiger partial charge in [-0.1, -0.05) is 18.2 Å². The molecule has 0 aliphatic heterocycles. The van der Waals surface area contributed by atoms with Crippen LogP contribution in [0.1, 0.15) is 25.3 Å². The van der Waals surface area contributed by atoms with Crippen molar-refractivity contribution in [2.24, 2.45) is 0 Å². The molecule has 0 heterocycles. The van der Waals surface area contributed by atoms with Crippen molar-refractivity contribution >= 4 is 5.69 Å². The smallest absolute Gasteiger partial charge is 0.0640 e. The van der Waals surface area contributed by atoms with Gasteiger partial charge in [-0.2, -0.15) is 0 Å². The number of para-hydroxylation sites is 1. The fourth-order valence-electron chi connectivity index (χ4n) is 2.21. The highest BCUT2D eigenvalue weighted by molar-refractivity contribution is 5.53. The molecule has 0 amide bonds. The van der Waals surface area contributed by atoms with E-state index in [1.807, 2.05) is 18.2 Å². The Morgan fingerprint density at radius 3 is 2.50 bits per heavy atom. The molecule has 1 aliphatic carbocycles. The summed E-state index contributed by atoms with van der Waals surface area (Å²) in [6.07, 6.45) is 2.64. The van der Waals surface area contributed by atoms with Crippen LogP contribution in [0.3, 0.4) is 0 Å². The van der Waals surface area contributed by atoms with Gasteiger partial charge in [-0.3, -0.25) is 0 Å². The highest BCUT2D eigenvalue weighted by Crippen LogP contribution is 2.53. The molecule has 1 saturated carbocycles. The molecule has 1 aromatic rings. The first-order valence-electron chi connectivity index (χ1n) is 5.08. The Hall–Kier alpha value is -1.02. The van der Waals surface area contributed by atoms with Crippen LogP contribution in [-0.4, -0.2) is 13.2 Å². The number of nitrogen functional groups attached to an aromatic ring is 1. The second-order valence-electron chi connectivity index (χ2n) is 4.12. The van der Waals surface area contributed by atoms with E-state index < -0.39 is 0 Å². The lowest BCUT2D eigenvalue weighted by atomic mass is 9.89. The van der Waals surface area contributed by atoms with Crippen molar-refractivity contribution in [2.45, 2.75) is 31.3 Å². The summed E-state index contributed by atoms with van der Waals surface area (Å²) in [4.78, 5) is 0. The Kier molecular flexibility index (Phi) is 2.23. The van der Waals surface area contributed by atoms with Crippen LogP contribution in [0.25, 0.3) is 0 Å². The average molecular weight is 191 g/mol. The molecule has 1 aliphatic rings. The van der Waals surface area contributed by atoms with Crippen LogP contribution in [0, 0.1) is 0 Å². The molecule has 1 atom stereocenters. The van der Waals surface area contributed by atoms with E-state index in [0.717, 1.165) is 5.69 Å². The largest absolute Gasteiger partial charge is 0.398 e. The molecule has 2 heteroatoms. The van der Waals surface area contributed by atoms with Crippen molar-refractivity contribution in [2.75, 3.05) is 12.8 Å². The van der Waals surface area contributed by atoms with Crippen LogP contribution in [0.2, 0.25) is 0 Å². The minimum atomic E-state index is 0.195. The van der Waals surface area contributed by atoms with Gasteiger partial charge in [0.2, 0.25) is 0 Å². The summed E-state index contributed by atoms with van der Waals surface area (Å²) < 4.78 is 5.43. The molecule has 76 valence electrons. The van der Waals surface area contributed by atoms with Gasteiger partial charge in [0.25, 0.3) is 0 Å². The summed E-state index contributed by atoms with van der Waals surface area (Å²) in [5.41, 5.74) is 8.33. The maximum atomic E-state index is 5.98. The lowest BCUT2D eigenvalue weighted by molar-refractivity contribution is 0.0852. The van der Waals surface area contributed by atoms with E-state index in [1.54, 1.807) is 7.11 Å². The van der Waals surface area contributed by atoms with Crippen LogP contribution in [0.5, 0.6) is 0 Å². The average Bonchev–Trinajstić information content (AvgIpc) is 2.98. The van der Waals surface area contributed by atoms with Gasteiger partial charge in [0.15, 0.2) is 0 Å². The Morgan fingerprint density at radius 1 is 1.36 bits per heavy atom. The third-order valence-electron chi connectivity index (χ3n) is 3.42. The van der Waals surface area contributed by atoms with E-state index in [-0.39, 0.29) is 11.5 Å². The molecule has 1 unspecified atom stereocenters. The van der Waals surface area contributed by atoms with Crippen molar-refractivity contribution in [3.05, 3.63) is 29.8 Å². The summed E-state index contributed by atoms with van der Waals surface area (Å²) in [5.74, 6) is 0. The third kappa shape index (κ3) is 1.30. The second kappa shape index (κ2) is 3.28. The highest BCUT2D eigenvalue weighted by atomic mass is 16.5. The lowest BCUT2D eigenvalue weighted by Crippen LogP contribution is -2.25. The van der Waals surface area contributed by atoms with Crippen molar-refractivity contribution in [1.82, 2.24) is 0 Å². The molecule has 0 spiro atoms. The molecule has 0 saturated heterocycles. The highest BCUT2D eigenvalue weighted by Gasteiger charge is 2.50. The predicted molar refractivity (Wildman–Crippen MR) is 58.2 cm³/mol. The molecule has 14 heavy (non-hydrogen) atoms. The van der Waals surface area contributed by atoms with E-state index in [4.69, 9.17) is 10.5 Å². The van der Waals surface area contributed by atoms with Crippen LogP contribution < -0.4 is 5.73 Å². The van der Waals surface area contributed by atoms with E-state index in [2.05, 4.69) is 13.0 Å². The predicted octanol–water partition coefficient (Wildman–Crippen LogP) is 2.34. The number of anilines is 1. The summed E-state index contributed by atoms with van der Waals surface area (Å²) >= 11 is 0. The Morgan fingerprint density at radius 2 is 2.00 bits per heavy atom. The molecule has 2 rings (SSSR count). The van der Waals surface area contributed by atoms with E-state index in [0.29, 0.717) is 0 Å². The molecule has 0 radical (unpaired) electrons. The Labute approximate surface area is 85.1 Å². The third-order valence-corrected chi connectivity index (χ3v) is 3.42. The van der Waals surface area contributed by atoms with Gasteiger partial charge in [-0.05, 0) is 31.4 Å². The fraction of sp³-hybridized carbons (Fsp3) is 0.500. The first kappa shape index (κ1) is 9.53. The molecule has 0 bridgehead atoms. The number of hydrogen-bond acceptors (Lipinski definition) is 2. The van der Waals surface area contributed by atoms with Crippen molar-refractivity contribution < 1.29 is 4.74 Å². The van der Waals surface area contributed by atoms with Gasteiger partial charge in [0.1, 0.15) is 0 Å². The Bertz CT molecular complexity index is 331. The lowest BCUT2D eigenvalue weighted by Gasteiger charge is -2.23. The summed E-state index contributed by atoms with van der Waals surface area (Å²) in [6, 6.07) is 8.12. The van der Waals surface area contributed by atoms with Crippen LogP contribution in [-0.2, 0) is 10.2 Å². The quantitative estimate of drug-likeness (QED) is 0.744. The summed E-state index contributed by atoms with van der Waals surface area (Å²) in [5, 5.41) is 0. The van der Waals surface area contributed by atoms with Crippen molar-refractivity contribution in [3.8, 4) is 0 Å². The van der Waals surface area contributed by atoms with Gasteiger partial charge in [-0.25, -0.2) is 0 Å². The first-order valence-corrected chi connectivity index (χ1v) is 5.08. The van der Waals surface area contributed by atoms with E-state index >= 15 is 0 Å². The van der Waals surface area contributed by atoms with Gasteiger partial charge in [0, 0.05) is 18.2 Å². The van der Waals surface area contributed by atoms with E-state index in [1.165, 1.54) is 18.4 Å². The topological polar surface area (TPSA) is 35.2 Å². The molecule has 2 nitrogen and oxygen atoms in total. The minimum Gasteiger partial charge on any atom is -0.398 e. The van der Waals surface area contributed by atoms with Crippen LogP contribution in [0.4, 0.5) is 5.69 Å². The number of methoxy groups -OCH3 is 1. The molecular formula is C12H17NO. The first-order chi connectivity index (χ1) is 6.70. The zero-order chi connectivity index (χ0) is 10.2. The summed E-state index contributed by atoms with van der Waals surface area (Å²) in [7, 11) is 1.77. The standard InChI is InChI=1S/C12H17NO/c1-9(14-2)12(7-8-12)10-5-3-4-6-11(10)13/h3-6,9H,7-8,13H2,1-2H3. The van der Waals surface area contributed by atoms with Gasteiger partial charge < -0.3 is 10.5 Å². The number of rotatable bonds is 3. The van der Waals surface area contributed by atoms with E-state index in [9.17, 15) is 0 Å². The molecule has 1 aromatic carbocycles. The van der Waals surface area contributed by atoms with Crippen molar-refractivity contribution in [1.29, 1.82) is 0 Å². The van der Waals surface area contributed by atoms with Gasteiger partial charge in [0.05, 0.1) is 6.10 Å². The van der Waals surface area contributed by atoms with Crippen LogP contribution in [0.15, 0.2) is 24.3 Å². The van der Waals surface area contributed by atoms with Crippen LogP contribution >= 0.6 is 0 Å². The molecule has 1 fully saturated rings. The van der Waals surface area contributed by atoms with Gasteiger partial charge in [-0.15, -0.1) is 0 Å². The zero-order valence-electron chi connectivity index (χ0n) is 8.79. The maximum absolute atomic E-state index is 5.98. The number of hydrogen-bond donors (Lipinski definition) is 1. The van der Waals surface area contributed by atoms with Gasteiger partial charge >= 0.3 is 0 Å². The monoisotopic (exact) mass is 191 g/mol. The number of ether oxygens (including phenoxy) is 1. The number of benzene rings is 1. The SMILES string of the molecule is COC(C)C1(c2ccccc2N)CC1. The number of nitrogens with two attached hydrogens (primary N) is 1. The maximum Gasteiger partial charge on any atom is 0.0640 e. The molecule has 2 N–H and O–H groups in total. The summed E-state index contributed by atoms with van der Waals surface area (Å²) in [6.45, 7) is 2.12.